The summed E-state index contributed by atoms with van der Waals surface area (Å²) < 4.78 is 11.0. The molecule has 1 heterocycles. The second-order valence-corrected chi connectivity index (χ2v) is 6.67. The van der Waals surface area contributed by atoms with E-state index in [1.807, 2.05) is 25.1 Å². The maximum Gasteiger partial charge on any atom is 0.264 e. The van der Waals surface area contributed by atoms with Crippen molar-refractivity contribution in [2.24, 2.45) is 0 Å². The van der Waals surface area contributed by atoms with E-state index in [9.17, 15) is 14.7 Å². The van der Waals surface area contributed by atoms with Gasteiger partial charge in [0.1, 0.15) is 12.4 Å². The molecule has 0 fully saturated rings. The van der Waals surface area contributed by atoms with E-state index in [4.69, 9.17) is 9.47 Å². The number of ketones is 1. The lowest BCUT2D eigenvalue weighted by molar-refractivity contribution is -0.141. The molecule has 1 aliphatic rings. The maximum absolute atomic E-state index is 13.0. The number of ether oxygens (including phenoxy) is 2. The van der Waals surface area contributed by atoms with Crippen molar-refractivity contribution in [1.29, 1.82) is 0 Å². The van der Waals surface area contributed by atoms with Gasteiger partial charge in [-0.05, 0) is 31.5 Å². The lowest BCUT2D eigenvalue weighted by Gasteiger charge is -2.22. The van der Waals surface area contributed by atoms with E-state index < -0.39 is 11.5 Å². The molecule has 27 heavy (non-hydrogen) atoms. The molecule has 1 amide bonds. The summed E-state index contributed by atoms with van der Waals surface area (Å²) >= 11 is 0. The zero-order valence-electron chi connectivity index (χ0n) is 15.7. The Morgan fingerprint density at radius 3 is 2.52 bits per heavy atom. The van der Waals surface area contributed by atoms with Crippen molar-refractivity contribution < 1.29 is 24.2 Å². The van der Waals surface area contributed by atoms with Gasteiger partial charge in [0.25, 0.3) is 5.91 Å². The average molecular weight is 369 g/mol. The number of benzene rings is 2. The first-order valence-electron chi connectivity index (χ1n) is 8.78. The van der Waals surface area contributed by atoms with Crippen molar-refractivity contribution >= 4 is 17.4 Å². The van der Waals surface area contributed by atoms with Gasteiger partial charge in [0, 0.05) is 12.0 Å². The molecule has 6 heteroatoms. The SMILES string of the molecule is COc1ccccc1OCCN1C(=O)C(O)(CC(C)=O)c2cccc(C)c21. The lowest BCUT2D eigenvalue weighted by Crippen LogP contribution is -2.43. The van der Waals surface area contributed by atoms with Crippen LogP contribution in [0, 0.1) is 6.92 Å². The highest BCUT2D eigenvalue weighted by Gasteiger charge is 2.50. The molecule has 0 aliphatic carbocycles. The van der Waals surface area contributed by atoms with Crippen LogP contribution in [0.1, 0.15) is 24.5 Å². The first-order valence-corrected chi connectivity index (χ1v) is 8.78. The molecule has 0 aromatic heterocycles. The number of hydrogen-bond donors (Lipinski definition) is 1. The fourth-order valence-electron chi connectivity index (χ4n) is 3.52. The van der Waals surface area contributed by atoms with Crippen LogP contribution in [0.3, 0.4) is 0 Å². The third-order valence-corrected chi connectivity index (χ3v) is 4.70. The van der Waals surface area contributed by atoms with Gasteiger partial charge in [0.15, 0.2) is 17.1 Å². The minimum absolute atomic E-state index is 0.218. The number of fused-ring (bicyclic) bond motifs is 1. The summed E-state index contributed by atoms with van der Waals surface area (Å²) in [6.45, 7) is 3.71. The highest BCUT2D eigenvalue weighted by atomic mass is 16.5. The third-order valence-electron chi connectivity index (χ3n) is 4.70. The minimum atomic E-state index is -1.82. The van der Waals surface area contributed by atoms with Crippen LogP contribution in [0.25, 0.3) is 0 Å². The third kappa shape index (κ3) is 3.40. The Morgan fingerprint density at radius 1 is 1.15 bits per heavy atom. The Labute approximate surface area is 158 Å². The highest BCUT2D eigenvalue weighted by molar-refractivity contribution is 6.09. The monoisotopic (exact) mass is 369 g/mol. The molecule has 6 nitrogen and oxygen atoms in total. The van der Waals surface area contributed by atoms with Crippen LogP contribution in [0.5, 0.6) is 11.5 Å². The minimum Gasteiger partial charge on any atom is -0.493 e. The Hall–Kier alpha value is -2.86. The molecule has 3 rings (SSSR count). The van der Waals surface area contributed by atoms with E-state index in [-0.39, 0.29) is 25.4 Å². The summed E-state index contributed by atoms with van der Waals surface area (Å²) in [6.07, 6.45) is -0.244. The van der Waals surface area contributed by atoms with E-state index >= 15 is 0 Å². The number of Topliss-reactive ketones (excluding diaryl/α,β-unsaturated/α-hetero) is 1. The molecule has 2 aromatic rings. The van der Waals surface area contributed by atoms with E-state index in [2.05, 4.69) is 0 Å². The average Bonchev–Trinajstić information content (AvgIpc) is 2.84. The Morgan fingerprint density at radius 2 is 1.85 bits per heavy atom. The zero-order chi connectivity index (χ0) is 19.6. The summed E-state index contributed by atoms with van der Waals surface area (Å²) in [4.78, 5) is 26.1. The Balaban J connectivity index is 1.84. The first-order chi connectivity index (χ1) is 12.9. The Kier molecular flexibility index (Phi) is 5.19. The topological polar surface area (TPSA) is 76.1 Å². The van der Waals surface area contributed by atoms with Gasteiger partial charge in [-0.3, -0.25) is 9.59 Å². The van der Waals surface area contributed by atoms with Gasteiger partial charge in [-0.1, -0.05) is 30.3 Å². The second-order valence-electron chi connectivity index (χ2n) is 6.67. The summed E-state index contributed by atoms with van der Waals surface area (Å²) in [5, 5.41) is 11.0. The summed E-state index contributed by atoms with van der Waals surface area (Å²) in [5.41, 5.74) is 0.157. The van der Waals surface area contributed by atoms with E-state index in [0.29, 0.717) is 22.7 Å². The van der Waals surface area contributed by atoms with Crippen LogP contribution >= 0.6 is 0 Å². The lowest BCUT2D eigenvalue weighted by atomic mass is 9.89. The predicted molar refractivity (Wildman–Crippen MR) is 101 cm³/mol. The van der Waals surface area contributed by atoms with E-state index in [1.165, 1.54) is 11.8 Å². The van der Waals surface area contributed by atoms with Crippen LogP contribution in [-0.2, 0) is 15.2 Å². The maximum atomic E-state index is 13.0. The molecule has 0 spiro atoms. The summed E-state index contributed by atoms with van der Waals surface area (Å²) in [5.74, 6) is 0.446. The number of rotatable bonds is 7. The quantitative estimate of drug-likeness (QED) is 0.812. The normalized spacial score (nSPS) is 18.4. The van der Waals surface area contributed by atoms with Crippen LogP contribution < -0.4 is 14.4 Å². The largest absolute Gasteiger partial charge is 0.493 e. The Bertz CT molecular complexity index is 879. The molecule has 1 atom stereocenters. The number of hydrogen-bond acceptors (Lipinski definition) is 5. The van der Waals surface area contributed by atoms with Crippen LogP contribution in [-0.4, -0.2) is 37.1 Å². The molecular weight excluding hydrogens is 346 g/mol. The van der Waals surface area contributed by atoms with Crippen molar-refractivity contribution in [3.05, 3.63) is 53.6 Å². The van der Waals surface area contributed by atoms with Crippen molar-refractivity contribution in [2.75, 3.05) is 25.2 Å². The number of anilines is 1. The molecule has 0 bridgehead atoms. The molecule has 2 aromatic carbocycles. The molecule has 0 radical (unpaired) electrons. The summed E-state index contributed by atoms with van der Waals surface area (Å²) in [7, 11) is 1.56. The smallest absolute Gasteiger partial charge is 0.264 e. The number of carbonyl (C=O) groups excluding carboxylic acids is 2. The molecule has 0 saturated carbocycles. The molecule has 142 valence electrons. The van der Waals surface area contributed by atoms with Gasteiger partial charge in [0.05, 0.1) is 19.3 Å². The van der Waals surface area contributed by atoms with Gasteiger partial charge in [0.2, 0.25) is 0 Å². The fourth-order valence-corrected chi connectivity index (χ4v) is 3.52. The molecule has 0 saturated heterocycles. The van der Waals surface area contributed by atoms with E-state index in [1.54, 1.807) is 31.4 Å². The van der Waals surface area contributed by atoms with Gasteiger partial charge in [-0.25, -0.2) is 0 Å². The van der Waals surface area contributed by atoms with E-state index in [0.717, 1.165) is 5.56 Å². The van der Waals surface area contributed by atoms with Crippen molar-refractivity contribution in [1.82, 2.24) is 0 Å². The van der Waals surface area contributed by atoms with Crippen LogP contribution in [0.15, 0.2) is 42.5 Å². The molecule has 1 aliphatic heterocycles. The van der Waals surface area contributed by atoms with Crippen molar-refractivity contribution in [3.63, 3.8) is 0 Å². The van der Waals surface area contributed by atoms with Gasteiger partial charge in [-0.2, -0.15) is 0 Å². The van der Waals surface area contributed by atoms with Crippen molar-refractivity contribution in [3.8, 4) is 11.5 Å². The number of amides is 1. The van der Waals surface area contributed by atoms with Crippen molar-refractivity contribution in [2.45, 2.75) is 25.9 Å². The standard InChI is InChI=1S/C21H23NO5/c1-14-7-6-8-16-19(14)22(20(24)21(16,25)13-15(2)23)11-12-27-18-10-5-4-9-17(18)26-3/h4-10,25H,11-13H2,1-3H3. The number of nitrogens with zero attached hydrogens (tertiary/aromatic N) is 1. The van der Waals surface area contributed by atoms with Crippen LogP contribution in [0.4, 0.5) is 5.69 Å². The van der Waals surface area contributed by atoms with Gasteiger partial charge < -0.3 is 19.5 Å². The van der Waals surface area contributed by atoms with Gasteiger partial charge >= 0.3 is 0 Å². The van der Waals surface area contributed by atoms with Crippen LogP contribution in [0.2, 0.25) is 0 Å². The highest BCUT2D eigenvalue weighted by Crippen LogP contribution is 2.44. The first kappa shape index (κ1) is 18.9. The van der Waals surface area contributed by atoms with Gasteiger partial charge in [-0.15, -0.1) is 0 Å². The predicted octanol–water partition coefficient (Wildman–Crippen LogP) is 2.60. The second kappa shape index (κ2) is 7.40. The number of para-hydroxylation sites is 3. The number of aliphatic hydroxyl groups is 1. The molecule has 1 N–H and O–H groups in total. The molecule has 1 unspecified atom stereocenters. The number of methoxy groups -OCH3 is 1. The zero-order valence-corrected chi connectivity index (χ0v) is 15.7. The number of aryl methyl sites for hydroxylation is 1. The summed E-state index contributed by atoms with van der Waals surface area (Å²) in [6, 6.07) is 12.6. The number of carbonyl (C=O) groups is 2. The molecular formula is C21H23NO5. The fraction of sp³-hybridized carbons (Fsp3) is 0.333.